The number of carbonyl (C=O) groups excluding carboxylic acids is 2. The fourth-order valence-corrected chi connectivity index (χ4v) is 3.22. The Morgan fingerprint density at radius 1 is 1.52 bits per heavy atom. The molecule has 0 unspecified atom stereocenters. The smallest absolute Gasteiger partial charge is 0.410 e. The minimum absolute atomic E-state index is 0.0647. The number of hydrogen-bond acceptors (Lipinski definition) is 6. The molecule has 0 bridgehead atoms. The highest BCUT2D eigenvalue weighted by molar-refractivity contribution is 7.13. The number of piperidine rings is 1. The summed E-state index contributed by atoms with van der Waals surface area (Å²) in [5.41, 5.74) is 5.68. The van der Waals surface area contributed by atoms with Crippen LogP contribution in [-0.2, 0) is 9.53 Å². The van der Waals surface area contributed by atoms with E-state index in [0.717, 1.165) is 18.5 Å². The first-order valence-electron chi connectivity index (χ1n) is 7.72. The number of aromatic nitrogens is 1. The van der Waals surface area contributed by atoms with E-state index in [0.29, 0.717) is 18.2 Å². The fraction of sp³-hybridized carbons (Fsp3) is 0.667. The van der Waals surface area contributed by atoms with Crippen LogP contribution in [0.15, 0.2) is 5.38 Å². The largest absolute Gasteiger partial charge is 0.444 e. The molecule has 0 radical (unpaired) electrons. The Labute approximate surface area is 140 Å². The van der Waals surface area contributed by atoms with E-state index in [1.54, 1.807) is 4.90 Å². The lowest BCUT2D eigenvalue weighted by Crippen LogP contribution is -2.42. The van der Waals surface area contributed by atoms with E-state index in [-0.39, 0.29) is 24.5 Å². The summed E-state index contributed by atoms with van der Waals surface area (Å²) in [4.78, 5) is 29.7. The zero-order chi connectivity index (χ0) is 17.0. The number of carbonyl (C=O) groups is 2. The second kappa shape index (κ2) is 7.27. The van der Waals surface area contributed by atoms with E-state index >= 15 is 0 Å². The summed E-state index contributed by atoms with van der Waals surface area (Å²) in [6.45, 7) is 6.80. The monoisotopic (exact) mass is 340 g/mol. The lowest BCUT2D eigenvalue weighted by molar-refractivity contribution is -0.114. The lowest BCUT2D eigenvalue weighted by Gasteiger charge is -2.33. The van der Waals surface area contributed by atoms with E-state index in [9.17, 15) is 9.59 Å². The van der Waals surface area contributed by atoms with Gasteiger partial charge in [-0.25, -0.2) is 9.78 Å². The molecule has 2 heterocycles. The average Bonchev–Trinajstić information content (AvgIpc) is 2.94. The first-order valence-corrected chi connectivity index (χ1v) is 8.59. The molecule has 0 spiro atoms. The Balaban J connectivity index is 1.98. The number of rotatable bonds is 3. The van der Waals surface area contributed by atoms with Crippen LogP contribution in [-0.4, -0.2) is 47.1 Å². The summed E-state index contributed by atoms with van der Waals surface area (Å²) in [6, 6.07) is 0. The molecule has 0 saturated carbocycles. The normalized spacial score (nSPS) is 18.6. The second-order valence-electron chi connectivity index (χ2n) is 6.60. The van der Waals surface area contributed by atoms with Gasteiger partial charge < -0.3 is 20.7 Å². The van der Waals surface area contributed by atoms with Gasteiger partial charge in [0.05, 0.1) is 12.2 Å². The minimum atomic E-state index is -0.496. The predicted molar refractivity (Wildman–Crippen MR) is 89.6 cm³/mol. The molecule has 0 aliphatic carbocycles. The van der Waals surface area contributed by atoms with Gasteiger partial charge >= 0.3 is 6.09 Å². The first kappa shape index (κ1) is 17.7. The molecular formula is C15H24N4O3S. The Kier molecular flexibility index (Phi) is 5.59. The SMILES string of the molecule is CC(C)(C)OC(=O)N1CCC[C@@H](c2csc(NC(=O)CN)n2)C1. The van der Waals surface area contributed by atoms with Gasteiger partial charge in [-0.1, -0.05) is 0 Å². The molecule has 1 aromatic rings. The van der Waals surface area contributed by atoms with Crippen LogP contribution in [0.4, 0.5) is 9.93 Å². The molecular weight excluding hydrogens is 316 g/mol. The highest BCUT2D eigenvalue weighted by atomic mass is 32.1. The molecule has 128 valence electrons. The van der Waals surface area contributed by atoms with Crippen LogP contribution in [0.25, 0.3) is 0 Å². The van der Waals surface area contributed by atoms with Gasteiger partial charge in [-0.3, -0.25) is 4.79 Å². The summed E-state index contributed by atoms with van der Waals surface area (Å²) < 4.78 is 5.43. The number of hydrogen-bond donors (Lipinski definition) is 2. The number of thiazole rings is 1. The van der Waals surface area contributed by atoms with Crippen molar-refractivity contribution >= 4 is 28.5 Å². The number of nitrogens with two attached hydrogens (primary N) is 1. The molecule has 1 saturated heterocycles. The van der Waals surface area contributed by atoms with Crippen LogP contribution >= 0.6 is 11.3 Å². The molecule has 2 amide bonds. The van der Waals surface area contributed by atoms with Crippen LogP contribution in [0.1, 0.15) is 45.2 Å². The zero-order valence-corrected chi connectivity index (χ0v) is 14.6. The molecule has 23 heavy (non-hydrogen) atoms. The van der Waals surface area contributed by atoms with Gasteiger partial charge in [0, 0.05) is 24.4 Å². The van der Waals surface area contributed by atoms with Crippen LogP contribution in [0.3, 0.4) is 0 Å². The quantitative estimate of drug-likeness (QED) is 0.878. The summed E-state index contributed by atoms with van der Waals surface area (Å²) in [6.07, 6.45) is 1.59. The molecule has 2 rings (SSSR count). The van der Waals surface area contributed by atoms with Gasteiger partial charge in [-0.15, -0.1) is 11.3 Å². The van der Waals surface area contributed by atoms with Crippen molar-refractivity contribution in [3.8, 4) is 0 Å². The Bertz CT molecular complexity index is 567. The van der Waals surface area contributed by atoms with Crippen molar-refractivity contribution in [3.05, 3.63) is 11.1 Å². The maximum Gasteiger partial charge on any atom is 0.410 e. The van der Waals surface area contributed by atoms with Crippen LogP contribution in [0.5, 0.6) is 0 Å². The van der Waals surface area contributed by atoms with Crippen molar-refractivity contribution in [2.75, 3.05) is 25.0 Å². The summed E-state index contributed by atoms with van der Waals surface area (Å²) >= 11 is 1.37. The molecule has 7 nitrogen and oxygen atoms in total. The van der Waals surface area contributed by atoms with E-state index in [1.807, 2.05) is 26.2 Å². The summed E-state index contributed by atoms with van der Waals surface area (Å²) in [7, 11) is 0. The van der Waals surface area contributed by atoms with Gasteiger partial charge in [-0.05, 0) is 33.6 Å². The molecule has 1 atom stereocenters. The predicted octanol–water partition coefficient (Wildman–Crippen LogP) is 2.15. The van der Waals surface area contributed by atoms with E-state index < -0.39 is 5.60 Å². The number of nitrogens with one attached hydrogen (secondary N) is 1. The molecule has 0 aromatic carbocycles. The van der Waals surface area contributed by atoms with Crippen molar-refractivity contribution in [2.24, 2.45) is 5.73 Å². The Morgan fingerprint density at radius 3 is 2.91 bits per heavy atom. The first-order chi connectivity index (χ1) is 10.8. The lowest BCUT2D eigenvalue weighted by atomic mass is 9.96. The number of anilines is 1. The second-order valence-corrected chi connectivity index (χ2v) is 7.45. The molecule has 1 aliphatic rings. The van der Waals surface area contributed by atoms with Gasteiger partial charge in [0.15, 0.2) is 5.13 Å². The maximum absolute atomic E-state index is 12.2. The molecule has 1 fully saturated rings. The van der Waals surface area contributed by atoms with Crippen molar-refractivity contribution in [2.45, 2.75) is 45.1 Å². The zero-order valence-electron chi connectivity index (χ0n) is 13.8. The average molecular weight is 340 g/mol. The summed E-state index contributed by atoms with van der Waals surface area (Å²) in [5, 5.41) is 5.13. The highest BCUT2D eigenvalue weighted by Gasteiger charge is 2.29. The van der Waals surface area contributed by atoms with E-state index in [4.69, 9.17) is 10.5 Å². The number of nitrogens with zero attached hydrogens (tertiary/aromatic N) is 2. The van der Waals surface area contributed by atoms with Crippen molar-refractivity contribution in [1.29, 1.82) is 0 Å². The number of amides is 2. The third kappa shape index (κ3) is 5.18. The number of ether oxygens (including phenoxy) is 1. The van der Waals surface area contributed by atoms with Gasteiger partial charge in [0.2, 0.25) is 5.91 Å². The fourth-order valence-electron chi connectivity index (χ4n) is 2.41. The van der Waals surface area contributed by atoms with Crippen LogP contribution in [0, 0.1) is 0 Å². The summed E-state index contributed by atoms with van der Waals surface area (Å²) in [5.74, 6) is -0.0963. The van der Waals surface area contributed by atoms with Crippen molar-refractivity contribution in [3.63, 3.8) is 0 Å². The van der Waals surface area contributed by atoms with Gasteiger partial charge in [0.1, 0.15) is 5.60 Å². The standard InChI is InChI=1S/C15H24N4O3S/c1-15(2,3)22-14(21)19-6-4-5-10(8-19)11-9-23-13(17-11)18-12(20)7-16/h9-10H,4-8,16H2,1-3H3,(H,17,18,20)/t10-/m1/s1. The topological polar surface area (TPSA) is 97.5 Å². The minimum Gasteiger partial charge on any atom is -0.444 e. The van der Waals surface area contributed by atoms with Gasteiger partial charge in [-0.2, -0.15) is 0 Å². The molecule has 8 heteroatoms. The highest BCUT2D eigenvalue weighted by Crippen LogP contribution is 2.30. The van der Waals surface area contributed by atoms with E-state index in [1.165, 1.54) is 11.3 Å². The van der Waals surface area contributed by atoms with E-state index in [2.05, 4.69) is 10.3 Å². The third-order valence-electron chi connectivity index (χ3n) is 3.45. The number of likely N-dealkylation sites (tertiary alicyclic amines) is 1. The van der Waals surface area contributed by atoms with Crippen molar-refractivity contribution in [1.82, 2.24) is 9.88 Å². The van der Waals surface area contributed by atoms with Crippen LogP contribution in [0.2, 0.25) is 0 Å². The molecule has 1 aliphatic heterocycles. The van der Waals surface area contributed by atoms with Gasteiger partial charge in [0.25, 0.3) is 0 Å². The Hall–Kier alpha value is -1.67. The van der Waals surface area contributed by atoms with Crippen LogP contribution < -0.4 is 11.1 Å². The third-order valence-corrected chi connectivity index (χ3v) is 4.22. The molecule has 1 aromatic heterocycles. The van der Waals surface area contributed by atoms with Crippen molar-refractivity contribution < 1.29 is 14.3 Å². The Morgan fingerprint density at radius 2 is 2.26 bits per heavy atom. The maximum atomic E-state index is 12.2. The molecule has 3 N–H and O–H groups in total.